The molecule has 3 aromatic carbocycles. The van der Waals surface area contributed by atoms with E-state index in [9.17, 15) is 13.2 Å². The van der Waals surface area contributed by atoms with Gasteiger partial charge in [-0.2, -0.15) is 0 Å². The van der Waals surface area contributed by atoms with Crippen LogP contribution >= 0.6 is 0 Å². The normalized spacial score (nSPS) is 14.7. The Hall–Kier alpha value is -2.86. The second-order valence-electron chi connectivity index (χ2n) is 6.73. The van der Waals surface area contributed by atoms with E-state index in [-0.39, 0.29) is 10.8 Å². The van der Waals surface area contributed by atoms with E-state index in [0.29, 0.717) is 24.0 Å². The number of carbonyl (C=O) groups is 1. The molecular weight excluding hydrogens is 360 g/mol. The number of hydrogen-bond donors (Lipinski definition) is 1. The van der Waals surface area contributed by atoms with Crippen molar-refractivity contribution in [3.8, 4) is 0 Å². The van der Waals surface area contributed by atoms with Gasteiger partial charge in [0.15, 0.2) is 0 Å². The number of anilines is 2. The topological polar surface area (TPSA) is 66.5 Å². The van der Waals surface area contributed by atoms with Gasteiger partial charge in [0.25, 0.3) is 10.0 Å². The Labute approximate surface area is 158 Å². The third kappa shape index (κ3) is 3.28. The quantitative estimate of drug-likeness (QED) is 0.742. The highest BCUT2D eigenvalue weighted by molar-refractivity contribution is 7.93. The summed E-state index contributed by atoms with van der Waals surface area (Å²) in [7, 11) is -3.73. The van der Waals surface area contributed by atoms with Gasteiger partial charge in [0.2, 0.25) is 5.91 Å². The Balaban J connectivity index is 1.67. The summed E-state index contributed by atoms with van der Waals surface area (Å²) in [6.07, 6.45) is 1.42. The fraction of sp³-hybridized carbons (Fsp3) is 0.190. The van der Waals surface area contributed by atoms with Gasteiger partial charge in [0, 0.05) is 29.7 Å². The molecule has 5 nitrogen and oxygen atoms in total. The van der Waals surface area contributed by atoms with Gasteiger partial charge in [-0.3, -0.25) is 9.52 Å². The molecule has 0 unspecified atom stereocenters. The van der Waals surface area contributed by atoms with E-state index in [1.807, 2.05) is 31.2 Å². The number of aryl methyl sites for hydroxylation is 1. The number of benzene rings is 3. The van der Waals surface area contributed by atoms with Gasteiger partial charge in [-0.1, -0.05) is 36.4 Å². The van der Waals surface area contributed by atoms with Gasteiger partial charge in [-0.05, 0) is 48.6 Å². The summed E-state index contributed by atoms with van der Waals surface area (Å²) >= 11 is 0. The minimum Gasteiger partial charge on any atom is -0.312 e. The first-order chi connectivity index (χ1) is 13.0. The van der Waals surface area contributed by atoms with Crippen LogP contribution in [0.4, 0.5) is 11.4 Å². The fourth-order valence-corrected chi connectivity index (χ4v) is 4.85. The van der Waals surface area contributed by atoms with Crippen LogP contribution in [0.25, 0.3) is 10.8 Å². The number of nitrogens with one attached hydrogen (secondary N) is 1. The molecule has 0 bridgehead atoms. The van der Waals surface area contributed by atoms with E-state index >= 15 is 0 Å². The molecule has 138 valence electrons. The zero-order valence-electron chi connectivity index (χ0n) is 15.0. The molecule has 1 aliphatic heterocycles. The Morgan fingerprint density at radius 3 is 2.52 bits per heavy atom. The molecular formula is C21H20N2O3S. The molecule has 0 radical (unpaired) electrons. The van der Waals surface area contributed by atoms with E-state index in [1.165, 1.54) is 0 Å². The van der Waals surface area contributed by atoms with Crippen molar-refractivity contribution in [1.29, 1.82) is 0 Å². The summed E-state index contributed by atoms with van der Waals surface area (Å²) in [5, 5.41) is 1.56. The molecule has 0 aromatic heterocycles. The SMILES string of the molecule is Cc1cc(NS(=O)(=O)c2cccc3ccccc23)ccc1N1CCCC1=O. The smallest absolute Gasteiger partial charge is 0.262 e. The van der Waals surface area contributed by atoms with Crippen LogP contribution in [-0.2, 0) is 14.8 Å². The molecule has 0 aliphatic carbocycles. The fourth-order valence-electron chi connectivity index (χ4n) is 3.56. The van der Waals surface area contributed by atoms with Crippen molar-refractivity contribution >= 4 is 38.1 Å². The predicted molar refractivity (Wildman–Crippen MR) is 108 cm³/mol. The maximum Gasteiger partial charge on any atom is 0.262 e. The number of sulfonamides is 1. The van der Waals surface area contributed by atoms with Crippen molar-refractivity contribution in [2.75, 3.05) is 16.2 Å². The van der Waals surface area contributed by atoms with Crippen LogP contribution in [0.5, 0.6) is 0 Å². The van der Waals surface area contributed by atoms with Gasteiger partial charge < -0.3 is 4.90 Å². The lowest BCUT2D eigenvalue weighted by Crippen LogP contribution is -2.24. The first-order valence-corrected chi connectivity index (χ1v) is 10.4. The zero-order valence-corrected chi connectivity index (χ0v) is 15.8. The van der Waals surface area contributed by atoms with Crippen molar-refractivity contribution in [2.45, 2.75) is 24.7 Å². The molecule has 1 saturated heterocycles. The lowest BCUT2D eigenvalue weighted by molar-refractivity contribution is -0.117. The molecule has 1 heterocycles. The summed E-state index contributed by atoms with van der Waals surface area (Å²) in [6, 6.07) is 17.9. The highest BCUT2D eigenvalue weighted by Crippen LogP contribution is 2.29. The summed E-state index contributed by atoms with van der Waals surface area (Å²) in [5.74, 6) is 0.113. The number of fused-ring (bicyclic) bond motifs is 1. The van der Waals surface area contributed by atoms with Crippen LogP contribution in [0.15, 0.2) is 65.6 Å². The molecule has 0 saturated carbocycles. The van der Waals surface area contributed by atoms with E-state index in [2.05, 4.69) is 4.72 Å². The maximum absolute atomic E-state index is 12.9. The van der Waals surface area contributed by atoms with Gasteiger partial charge in [-0.15, -0.1) is 0 Å². The average Bonchev–Trinajstić information content (AvgIpc) is 3.07. The van der Waals surface area contributed by atoms with Crippen LogP contribution in [0.1, 0.15) is 18.4 Å². The van der Waals surface area contributed by atoms with Gasteiger partial charge in [0.05, 0.1) is 4.90 Å². The molecule has 4 rings (SSSR count). The maximum atomic E-state index is 12.9. The number of carbonyl (C=O) groups excluding carboxylic acids is 1. The van der Waals surface area contributed by atoms with E-state index in [0.717, 1.165) is 23.1 Å². The van der Waals surface area contributed by atoms with Crippen LogP contribution in [0.2, 0.25) is 0 Å². The molecule has 6 heteroatoms. The molecule has 1 aliphatic rings. The Morgan fingerprint density at radius 2 is 1.78 bits per heavy atom. The third-order valence-electron chi connectivity index (χ3n) is 4.85. The molecule has 1 N–H and O–H groups in total. The molecule has 0 atom stereocenters. The lowest BCUT2D eigenvalue weighted by Gasteiger charge is -2.19. The van der Waals surface area contributed by atoms with Crippen molar-refractivity contribution in [1.82, 2.24) is 0 Å². The zero-order chi connectivity index (χ0) is 19.0. The van der Waals surface area contributed by atoms with Crippen LogP contribution in [0, 0.1) is 6.92 Å². The minimum absolute atomic E-state index is 0.113. The number of rotatable bonds is 4. The first-order valence-electron chi connectivity index (χ1n) is 8.87. The average molecular weight is 380 g/mol. The van der Waals surface area contributed by atoms with Crippen molar-refractivity contribution in [2.24, 2.45) is 0 Å². The van der Waals surface area contributed by atoms with Gasteiger partial charge in [0.1, 0.15) is 0 Å². The largest absolute Gasteiger partial charge is 0.312 e. The summed E-state index contributed by atoms with van der Waals surface area (Å²) in [6.45, 7) is 2.59. The van der Waals surface area contributed by atoms with Gasteiger partial charge >= 0.3 is 0 Å². The van der Waals surface area contributed by atoms with Crippen LogP contribution in [0.3, 0.4) is 0 Å². The monoisotopic (exact) mass is 380 g/mol. The molecule has 0 spiro atoms. The second-order valence-corrected chi connectivity index (χ2v) is 8.38. The van der Waals surface area contributed by atoms with Crippen LogP contribution < -0.4 is 9.62 Å². The summed E-state index contributed by atoms with van der Waals surface area (Å²) in [4.78, 5) is 14.0. The summed E-state index contributed by atoms with van der Waals surface area (Å²) < 4.78 is 28.6. The number of amides is 1. The molecule has 27 heavy (non-hydrogen) atoms. The third-order valence-corrected chi connectivity index (χ3v) is 6.29. The van der Waals surface area contributed by atoms with Crippen molar-refractivity contribution < 1.29 is 13.2 Å². The number of hydrogen-bond acceptors (Lipinski definition) is 3. The molecule has 3 aromatic rings. The van der Waals surface area contributed by atoms with Crippen molar-refractivity contribution in [3.63, 3.8) is 0 Å². The second kappa shape index (κ2) is 6.70. The standard InChI is InChI=1S/C21H20N2O3S/c1-15-14-17(11-12-19(15)23-13-5-10-21(23)24)22-27(25,26)20-9-4-7-16-6-2-3-8-18(16)20/h2-4,6-9,11-12,14,22H,5,10,13H2,1H3. The van der Waals surface area contributed by atoms with E-state index in [1.54, 1.807) is 41.3 Å². The lowest BCUT2D eigenvalue weighted by atomic mass is 10.1. The van der Waals surface area contributed by atoms with Crippen molar-refractivity contribution in [3.05, 3.63) is 66.2 Å². The highest BCUT2D eigenvalue weighted by Gasteiger charge is 2.23. The van der Waals surface area contributed by atoms with Gasteiger partial charge in [-0.25, -0.2) is 8.42 Å². The van der Waals surface area contributed by atoms with E-state index in [4.69, 9.17) is 0 Å². The molecule has 1 fully saturated rings. The Morgan fingerprint density at radius 1 is 1.00 bits per heavy atom. The predicted octanol–water partition coefficient (Wildman–Crippen LogP) is 4.08. The van der Waals surface area contributed by atoms with E-state index < -0.39 is 10.0 Å². The Bertz CT molecular complexity index is 1130. The summed E-state index contributed by atoms with van der Waals surface area (Å²) in [5.41, 5.74) is 2.19. The molecule has 1 amide bonds. The Kier molecular flexibility index (Phi) is 4.36. The number of nitrogens with zero attached hydrogens (tertiary/aromatic N) is 1. The first kappa shape index (κ1) is 17.5. The van der Waals surface area contributed by atoms with Crippen LogP contribution in [-0.4, -0.2) is 20.9 Å². The minimum atomic E-state index is -3.73. The highest BCUT2D eigenvalue weighted by atomic mass is 32.2.